The Bertz CT molecular complexity index is 7560. The van der Waals surface area contributed by atoms with Crippen molar-refractivity contribution in [2.24, 2.45) is 0 Å². The van der Waals surface area contributed by atoms with Crippen LogP contribution < -0.4 is 4.90 Å². The molecule has 0 spiro atoms. The Morgan fingerprint density at radius 2 is 0.547 bits per heavy atom. The van der Waals surface area contributed by atoms with Gasteiger partial charge in [0, 0.05) is 66.2 Å². The monoisotopic (exact) mass is 1640 g/mol. The lowest BCUT2D eigenvalue weighted by Crippen LogP contribution is -2.26. The lowest BCUT2D eigenvalue weighted by atomic mass is 9.72. The van der Waals surface area contributed by atoms with Gasteiger partial charge in [0.25, 0.3) is 0 Å². The van der Waals surface area contributed by atoms with Crippen molar-refractivity contribution in [1.82, 2.24) is 9.13 Å². The molecule has 1 atom stereocenters. The van der Waals surface area contributed by atoms with Crippen molar-refractivity contribution in [3.63, 3.8) is 0 Å². The Morgan fingerprint density at radius 1 is 0.227 bits per heavy atom. The normalized spacial score (nSPS) is 14.4. The summed E-state index contributed by atoms with van der Waals surface area (Å²) in [6.07, 6.45) is 3.79. The molecule has 20 aromatic rings. The fourth-order valence-corrected chi connectivity index (χ4v) is 22.6. The molecule has 2 aliphatic carbocycles. The highest BCUT2D eigenvalue weighted by Crippen LogP contribution is 2.57. The summed E-state index contributed by atoms with van der Waals surface area (Å²) in [4.78, 5) is 2.44. The molecule has 24 rings (SSSR count). The summed E-state index contributed by atoms with van der Waals surface area (Å²) in [6, 6.07) is 148. The van der Waals surface area contributed by atoms with E-state index in [9.17, 15) is 0 Å². The van der Waals surface area contributed by atoms with Crippen molar-refractivity contribution >= 4 is 72.8 Å². The van der Waals surface area contributed by atoms with E-state index in [-0.39, 0.29) is 27.6 Å². The van der Waals surface area contributed by atoms with E-state index in [2.05, 4.69) is 471 Å². The van der Waals surface area contributed by atoms with Crippen LogP contribution >= 0.6 is 0 Å². The summed E-state index contributed by atoms with van der Waals surface area (Å²) in [5.74, 6) is -0.0224. The largest absolute Gasteiger partial charge is 0.310 e. The molecule has 4 aliphatic rings. The molecule has 0 radical (unpaired) electrons. The number of benzene rings is 18. The first-order chi connectivity index (χ1) is 62.3. The Hall–Kier alpha value is -15.2. The first-order valence-corrected chi connectivity index (χ1v) is 45.2. The van der Waals surface area contributed by atoms with Gasteiger partial charge in [0.2, 0.25) is 0 Å². The highest BCUT2D eigenvalue weighted by Gasteiger charge is 2.41. The molecule has 0 bridgehead atoms. The second-order valence-electron chi connectivity index (χ2n) is 38.1. The molecule has 4 heterocycles. The summed E-state index contributed by atoms with van der Waals surface area (Å²) < 4.78 is 5.17. The molecule has 0 amide bonds. The number of fused-ring (bicyclic) bond motifs is 16. The van der Waals surface area contributed by atoms with E-state index in [1.54, 1.807) is 0 Å². The quantitative estimate of drug-likeness (QED) is 0.0933. The summed E-state index contributed by atoms with van der Waals surface area (Å²) in [5.41, 5.74) is 48.5. The van der Waals surface area contributed by atoms with E-state index >= 15 is 0 Å². The van der Waals surface area contributed by atoms with Crippen molar-refractivity contribution in [3.05, 3.63) is 474 Å². The molecule has 0 saturated carbocycles. The molecule has 610 valence electrons. The number of rotatable bonds is 15. The predicted molar refractivity (Wildman–Crippen MR) is 541 cm³/mol. The Balaban J connectivity index is 0.595. The minimum Gasteiger partial charge on any atom is -0.310 e. The maximum absolute atomic E-state index is 3.98. The molecule has 0 saturated heterocycles. The van der Waals surface area contributed by atoms with Gasteiger partial charge in [-0.1, -0.05) is 372 Å². The summed E-state index contributed by atoms with van der Waals surface area (Å²) in [6.45, 7) is 27.2. The fraction of sp³-hybridized carbons (Fsp3) is 0.104. The molecular formula is C125H95N3. The molecule has 1 unspecified atom stereocenters. The second-order valence-corrected chi connectivity index (χ2v) is 38.1. The van der Waals surface area contributed by atoms with Crippen LogP contribution in [-0.4, -0.2) is 9.13 Å². The molecule has 3 nitrogen and oxygen atoms in total. The van der Waals surface area contributed by atoms with Crippen molar-refractivity contribution in [2.75, 3.05) is 4.90 Å². The van der Waals surface area contributed by atoms with Crippen LogP contribution in [0.2, 0.25) is 0 Å². The van der Waals surface area contributed by atoms with E-state index in [0.717, 1.165) is 33.8 Å². The van der Waals surface area contributed by atoms with Gasteiger partial charge in [-0.3, -0.25) is 0 Å². The standard InChI is InChI=1S/C125H95N3/c1-11-77-35-39-79(40-36-77)87-23-21-25-89(67-87)81-43-47-85(48-44-81)119(93-57-63-101-99-27-13-15-29-107(99)122(3,4)111(101)71-93)86-49-45-82(46-50-86)91-55-64-103-105-69-94(72-113-120(105)127(117(103)74-91)115-33-19-17-31-109(115)124(113,7)8)95-70-106-104-65-56-92(75-118(104)128-116-34-20-18-32-110(116)125(9,10)114(73-95)121(106)128)84-53-60-97(61-54-84)126(98-62-66-102-100-28-14-16-30-108(100)123(5,6)112(102)76-98)96-58-51-83(52-59-96)90-26-22-24-88(68-90)80-41-37-78(12-2)38-42-80/h11-76,119H,1-2H2,3-10H3. The molecule has 128 heavy (non-hydrogen) atoms. The van der Waals surface area contributed by atoms with Gasteiger partial charge >= 0.3 is 0 Å². The maximum atomic E-state index is 3.98. The molecule has 2 aromatic heterocycles. The lowest BCUT2D eigenvalue weighted by Gasteiger charge is -2.36. The van der Waals surface area contributed by atoms with Crippen LogP contribution in [0.4, 0.5) is 17.1 Å². The number of para-hydroxylation sites is 2. The average molecular weight is 1640 g/mol. The summed E-state index contributed by atoms with van der Waals surface area (Å²) >= 11 is 0. The molecule has 2 aliphatic heterocycles. The zero-order valence-corrected chi connectivity index (χ0v) is 73.4. The van der Waals surface area contributed by atoms with Crippen LogP contribution in [-0.2, 0) is 21.7 Å². The minimum atomic E-state index is -0.323. The highest BCUT2D eigenvalue weighted by atomic mass is 15.1. The first-order valence-electron chi connectivity index (χ1n) is 45.2. The lowest BCUT2D eigenvalue weighted by molar-refractivity contribution is 0.629. The average Bonchev–Trinajstić information content (AvgIpc) is 1.54. The van der Waals surface area contributed by atoms with Crippen molar-refractivity contribution in [3.8, 4) is 112 Å². The van der Waals surface area contributed by atoms with Crippen molar-refractivity contribution in [2.45, 2.75) is 83.0 Å². The third-order valence-electron chi connectivity index (χ3n) is 29.6. The molecular weight excluding hydrogens is 1540 g/mol. The molecule has 18 aromatic carbocycles. The number of anilines is 3. The summed E-state index contributed by atoms with van der Waals surface area (Å²) in [7, 11) is 0. The van der Waals surface area contributed by atoms with E-state index in [0.29, 0.717) is 0 Å². The Kier molecular flexibility index (Phi) is 17.1. The van der Waals surface area contributed by atoms with Gasteiger partial charge in [0.1, 0.15) is 0 Å². The van der Waals surface area contributed by atoms with Gasteiger partial charge < -0.3 is 14.0 Å². The highest BCUT2D eigenvalue weighted by molar-refractivity contribution is 6.16. The number of aromatic nitrogens is 2. The number of hydrogen-bond acceptors (Lipinski definition) is 1. The minimum absolute atomic E-state index is 0.0224. The van der Waals surface area contributed by atoms with Crippen LogP contribution in [0, 0.1) is 0 Å². The van der Waals surface area contributed by atoms with Crippen molar-refractivity contribution in [1.29, 1.82) is 0 Å². The van der Waals surface area contributed by atoms with Crippen LogP contribution in [0.15, 0.2) is 401 Å². The zero-order chi connectivity index (χ0) is 86.4. The van der Waals surface area contributed by atoms with Gasteiger partial charge in [-0.15, -0.1) is 0 Å². The second kappa shape index (κ2) is 28.7. The topological polar surface area (TPSA) is 13.1 Å². The van der Waals surface area contributed by atoms with Crippen LogP contribution in [0.1, 0.15) is 134 Å². The Morgan fingerprint density at radius 3 is 0.961 bits per heavy atom. The third kappa shape index (κ3) is 11.8. The maximum Gasteiger partial charge on any atom is 0.0582 e. The van der Waals surface area contributed by atoms with Gasteiger partial charge in [0.15, 0.2) is 0 Å². The fourth-order valence-electron chi connectivity index (χ4n) is 22.6. The van der Waals surface area contributed by atoms with Gasteiger partial charge in [-0.25, -0.2) is 0 Å². The molecule has 0 fully saturated rings. The van der Waals surface area contributed by atoms with Gasteiger partial charge in [-0.05, 0) is 270 Å². The van der Waals surface area contributed by atoms with E-state index in [4.69, 9.17) is 0 Å². The number of nitrogens with zero attached hydrogens (tertiary/aromatic N) is 3. The summed E-state index contributed by atoms with van der Waals surface area (Å²) in [5, 5.41) is 5.01. The third-order valence-corrected chi connectivity index (χ3v) is 29.6. The Labute approximate surface area is 749 Å². The van der Waals surface area contributed by atoms with E-state index < -0.39 is 0 Å². The molecule has 0 N–H and O–H groups in total. The smallest absolute Gasteiger partial charge is 0.0582 e. The van der Waals surface area contributed by atoms with E-state index in [1.807, 2.05) is 12.2 Å². The van der Waals surface area contributed by atoms with Crippen molar-refractivity contribution < 1.29 is 0 Å². The van der Waals surface area contributed by atoms with Crippen LogP contribution in [0.25, 0.3) is 167 Å². The van der Waals surface area contributed by atoms with Crippen LogP contribution in [0.3, 0.4) is 0 Å². The predicted octanol–water partition coefficient (Wildman–Crippen LogP) is 33.4. The van der Waals surface area contributed by atoms with E-state index in [1.165, 1.54) is 211 Å². The number of hydrogen-bond donors (Lipinski definition) is 0. The zero-order valence-electron chi connectivity index (χ0n) is 73.4. The van der Waals surface area contributed by atoms with Crippen LogP contribution in [0.5, 0.6) is 0 Å². The molecule has 3 heteroatoms. The first kappa shape index (κ1) is 76.5. The SMILES string of the molecule is C=Cc1ccc(-c2cccc(-c3ccc(C(c4ccc(-c5ccc6c7cc(-c8cc9c%10c(c8)c8ccc(-c%11ccc(N(c%12ccc(-c%13cccc(-c%14ccc(C=C)cc%14)c%13)cc%12)c%12ccc%13c(c%12)C(C)(C)c%12ccccc%12-%13)cc%11)cc8n%10-c8ccccc8C9(C)C)cc8c7n(c6c5)-c5ccccc5C8(C)C)cc4)c4ccc5c(c4)C(C)(C)c4ccccc4-5)cc3)c2)cc1. The van der Waals surface area contributed by atoms with Gasteiger partial charge in [0.05, 0.1) is 33.4 Å². The van der Waals surface area contributed by atoms with Gasteiger partial charge in [-0.2, -0.15) is 0 Å².